The van der Waals surface area contributed by atoms with Gasteiger partial charge < -0.3 is 10.6 Å². The Morgan fingerprint density at radius 1 is 1.38 bits per heavy atom. The van der Waals surface area contributed by atoms with E-state index in [0.717, 1.165) is 37.9 Å². The smallest absolute Gasteiger partial charge is 0.228 e. The summed E-state index contributed by atoms with van der Waals surface area (Å²) in [7, 11) is 0. The van der Waals surface area contributed by atoms with E-state index in [1.165, 1.54) is 0 Å². The van der Waals surface area contributed by atoms with E-state index in [2.05, 4.69) is 36.6 Å². The Morgan fingerprint density at radius 2 is 2.10 bits per heavy atom. The first kappa shape index (κ1) is 18.0. The number of nitrogens with one attached hydrogen (secondary N) is 2. The summed E-state index contributed by atoms with van der Waals surface area (Å²) in [5.41, 5.74) is 1.13. The van der Waals surface area contributed by atoms with E-state index in [4.69, 9.17) is 0 Å². The van der Waals surface area contributed by atoms with Crippen molar-refractivity contribution >= 4 is 18.3 Å². The van der Waals surface area contributed by atoms with Crippen LogP contribution in [0.1, 0.15) is 44.6 Å². The molecule has 1 amide bonds. The number of amides is 1. The van der Waals surface area contributed by atoms with Gasteiger partial charge in [-0.1, -0.05) is 50.6 Å². The van der Waals surface area contributed by atoms with E-state index in [9.17, 15) is 4.79 Å². The summed E-state index contributed by atoms with van der Waals surface area (Å²) in [6.45, 7) is 6.28. The van der Waals surface area contributed by atoms with Crippen LogP contribution >= 0.6 is 12.4 Å². The van der Waals surface area contributed by atoms with Crippen LogP contribution in [0.5, 0.6) is 0 Å². The molecule has 0 aliphatic carbocycles. The summed E-state index contributed by atoms with van der Waals surface area (Å²) < 4.78 is 0. The molecule has 1 fully saturated rings. The second-order valence-corrected chi connectivity index (χ2v) is 5.83. The Hall–Kier alpha value is -1.06. The fourth-order valence-electron chi connectivity index (χ4n) is 2.90. The number of hydrogen-bond acceptors (Lipinski definition) is 2. The van der Waals surface area contributed by atoms with Crippen LogP contribution in [0.2, 0.25) is 0 Å². The fourth-order valence-corrected chi connectivity index (χ4v) is 2.90. The van der Waals surface area contributed by atoms with Gasteiger partial charge in [-0.25, -0.2) is 0 Å². The second-order valence-electron chi connectivity index (χ2n) is 5.83. The van der Waals surface area contributed by atoms with E-state index in [-0.39, 0.29) is 30.3 Å². The quantitative estimate of drug-likeness (QED) is 0.877. The van der Waals surface area contributed by atoms with Crippen LogP contribution in [0, 0.1) is 5.92 Å². The second kappa shape index (κ2) is 9.06. The van der Waals surface area contributed by atoms with Crippen molar-refractivity contribution in [3.63, 3.8) is 0 Å². The summed E-state index contributed by atoms with van der Waals surface area (Å²) in [5, 5.41) is 6.58. The van der Waals surface area contributed by atoms with Crippen molar-refractivity contribution in [2.75, 3.05) is 13.1 Å². The monoisotopic (exact) mass is 310 g/mol. The molecule has 3 nitrogen and oxygen atoms in total. The van der Waals surface area contributed by atoms with E-state index < -0.39 is 0 Å². The number of halogens is 1. The molecule has 118 valence electrons. The summed E-state index contributed by atoms with van der Waals surface area (Å²) in [4.78, 5) is 12.7. The number of carbonyl (C=O) groups excluding carboxylic acids is 1. The van der Waals surface area contributed by atoms with Gasteiger partial charge in [-0.3, -0.25) is 4.79 Å². The molecule has 3 atom stereocenters. The molecule has 1 heterocycles. The summed E-state index contributed by atoms with van der Waals surface area (Å²) in [6.07, 6.45) is 3.24. The average Bonchev–Trinajstić information content (AvgIpc) is 2.49. The lowest BCUT2D eigenvalue weighted by molar-refractivity contribution is -0.124. The molecule has 1 aromatic carbocycles. The molecular formula is C17H27ClN2O. The zero-order valence-electron chi connectivity index (χ0n) is 13.0. The molecule has 0 aromatic heterocycles. The first-order valence-corrected chi connectivity index (χ1v) is 7.78. The topological polar surface area (TPSA) is 41.1 Å². The third-order valence-electron chi connectivity index (χ3n) is 4.30. The van der Waals surface area contributed by atoms with Gasteiger partial charge in [0.05, 0.1) is 5.92 Å². The molecule has 0 radical (unpaired) electrons. The molecule has 1 aliphatic rings. The van der Waals surface area contributed by atoms with Gasteiger partial charge >= 0.3 is 0 Å². The Kier molecular flexibility index (Phi) is 7.76. The Morgan fingerprint density at radius 3 is 2.67 bits per heavy atom. The number of piperidine rings is 1. The first-order valence-electron chi connectivity index (χ1n) is 7.78. The lowest BCUT2D eigenvalue weighted by atomic mass is 9.84. The molecule has 1 aliphatic heterocycles. The van der Waals surface area contributed by atoms with Gasteiger partial charge in [-0.15, -0.1) is 12.4 Å². The number of hydrogen-bond donors (Lipinski definition) is 2. The summed E-state index contributed by atoms with van der Waals surface area (Å²) in [6, 6.07) is 10.4. The van der Waals surface area contributed by atoms with Crippen molar-refractivity contribution in [3.05, 3.63) is 35.9 Å². The van der Waals surface area contributed by atoms with Crippen molar-refractivity contribution in [3.8, 4) is 0 Å². The highest BCUT2D eigenvalue weighted by Gasteiger charge is 2.27. The van der Waals surface area contributed by atoms with Crippen LogP contribution in [-0.2, 0) is 4.79 Å². The highest BCUT2D eigenvalue weighted by Crippen LogP contribution is 2.27. The molecule has 0 spiro atoms. The predicted molar refractivity (Wildman–Crippen MR) is 89.9 cm³/mol. The molecule has 1 saturated heterocycles. The van der Waals surface area contributed by atoms with Crippen LogP contribution in [0.3, 0.4) is 0 Å². The maximum Gasteiger partial charge on any atom is 0.228 e. The van der Waals surface area contributed by atoms with Gasteiger partial charge in [0.1, 0.15) is 0 Å². The highest BCUT2D eigenvalue weighted by atomic mass is 35.5. The van der Waals surface area contributed by atoms with Crippen LogP contribution in [0.4, 0.5) is 0 Å². The molecular weight excluding hydrogens is 284 g/mol. The maximum absolute atomic E-state index is 12.7. The zero-order valence-corrected chi connectivity index (χ0v) is 13.8. The zero-order chi connectivity index (χ0) is 14.4. The molecule has 2 rings (SSSR count). The van der Waals surface area contributed by atoms with Gasteiger partial charge in [0, 0.05) is 12.6 Å². The Bertz CT molecular complexity index is 418. The third-order valence-corrected chi connectivity index (χ3v) is 4.30. The van der Waals surface area contributed by atoms with Gasteiger partial charge in [-0.2, -0.15) is 0 Å². The lowest BCUT2D eigenvalue weighted by Gasteiger charge is -2.28. The van der Waals surface area contributed by atoms with Crippen LogP contribution < -0.4 is 10.6 Å². The van der Waals surface area contributed by atoms with Gasteiger partial charge in [0.25, 0.3) is 0 Å². The molecule has 21 heavy (non-hydrogen) atoms. The summed E-state index contributed by atoms with van der Waals surface area (Å²) in [5.74, 6) is 0.497. The SMILES string of the molecule is CCC(C)C(C(=O)NC1CCCNC1)c1ccccc1.Cl. The van der Waals surface area contributed by atoms with Gasteiger partial charge in [-0.05, 0) is 30.9 Å². The molecule has 0 saturated carbocycles. The molecule has 4 heteroatoms. The van der Waals surface area contributed by atoms with Crippen LogP contribution in [-0.4, -0.2) is 25.0 Å². The van der Waals surface area contributed by atoms with E-state index in [1.54, 1.807) is 0 Å². The lowest BCUT2D eigenvalue weighted by Crippen LogP contribution is -2.47. The number of rotatable bonds is 5. The Labute approximate surface area is 134 Å². The van der Waals surface area contributed by atoms with Crippen molar-refractivity contribution in [1.82, 2.24) is 10.6 Å². The third kappa shape index (κ3) is 5.01. The Balaban J connectivity index is 0.00000220. The standard InChI is InChI=1S/C17H26N2O.ClH/c1-3-13(2)16(14-8-5-4-6-9-14)17(20)19-15-10-7-11-18-12-15;/h4-6,8-9,13,15-16,18H,3,7,10-12H2,1-2H3,(H,19,20);1H. The van der Waals surface area contributed by atoms with Crippen molar-refractivity contribution in [1.29, 1.82) is 0 Å². The maximum atomic E-state index is 12.7. The molecule has 3 unspecified atom stereocenters. The minimum Gasteiger partial charge on any atom is -0.352 e. The van der Waals surface area contributed by atoms with Gasteiger partial charge in [0.2, 0.25) is 5.91 Å². The average molecular weight is 311 g/mol. The highest BCUT2D eigenvalue weighted by molar-refractivity contribution is 5.85. The van der Waals surface area contributed by atoms with E-state index >= 15 is 0 Å². The summed E-state index contributed by atoms with van der Waals surface area (Å²) >= 11 is 0. The largest absolute Gasteiger partial charge is 0.352 e. The van der Waals surface area contributed by atoms with Crippen molar-refractivity contribution in [2.45, 2.75) is 45.1 Å². The molecule has 1 aromatic rings. The minimum atomic E-state index is -0.0388. The predicted octanol–water partition coefficient (Wildman–Crippen LogP) is 3.11. The van der Waals surface area contributed by atoms with E-state index in [0.29, 0.717) is 5.92 Å². The number of carbonyl (C=O) groups is 1. The van der Waals surface area contributed by atoms with E-state index in [1.807, 2.05) is 18.2 Å². The molecule has 0 bridgehead atoms. The van der Waals surface area contributed by atoms with Crippen LogP contribution in [0.25, 0.3) is 0 Å². The van der Waals surface area contributed by atoms with Crippen molar-refractivity contribution < 1.29 is 4.79 Å². The first-order chi connectivity index (χ1) is 9.72. The molecule has 2 N–H and O–H groups in total. The van der Waals surface area contributed by atoms with Crippen molar-refractivity contribution in [2.24, 2.45) is 5.92 Å². The van der Waals surface area contributed by atoms with Crippen LogP contribution in [0.15, 0.2) is 30.3 Å². The normalized spacial score (nSPS) is 21.0. The minimum absolute atomic E-state index is 0. The fraction of sp³-hybridized carbons (Fsp3) is 0.588. The van der Waals surface area contributed by atoms with Gasteiger partial charge in [0.15, 0.2) is 0 Å². The number of benzene rings is 1.